The van der Waals surface area contributed by atoms with Crippen molar-refractivity contribution < 1.29 is 14.3 Å². The van der Waals surface area contributed by atoms with Gasteiger partial charge in [-0.3, -0.25) is 14.5 Å². The Labute approximate surface area is 187 Å². The summed E-state index contributed by atoms with van der Waals surface area (Å²) in [6.07, 6.45) is 10.4. The molecule has 4 saturated carbocycles. The molecule has 1 N–H and O–H groups in total. The van der Waals surface area contributed by atoms with Gasteiger partial charge >= 0.3 is 0 Å². The van der Waals surface area contributed by atoms with Gasteiger partial charge in [0.25, 0.3) is 0 Å². The highest BCUT2D eigenvalue weighted by Gasteiger charge is 2.54. The molecule has 2 atom stereocenters. The smallest absolute Gasteiger partial charge is 0.226 e. The number of amides is 2. The lowest BCUT2D eigenvalue weighted by Gasteiger charge is -2.55. The summed E-state index contributed by atoms with van der Waals surface area (Å²) in [6.45, 7) is 8.48. The van der Waals surface area contributed by atoms with Crippen molar-refractivity contribution >= 4 is 11.8 Å². The van der Waals surface area contributed by atoms with Crippen molar-refractivity contribution in [3.63, 3.8) is 0 Å². The average Bonchev–Trinajstić information content (AvgIpc) is 2.72. The number of hydrogen-bond donors (Lipinski definition) is 1. The Hall–Kier alpha value is -1.14. The van der Waals surface area contributed by atoms with Gasteiger partial charge in [-0.2, -0.15) is 0 Å². The van der Waals surface area contributed by atoms with E-state index in [2.05, 4.69) is 24.1 Å². The minimum absolute atomic E-state index is 0.109. The molecule has 0 aromatic rings. The first-order valence-corrected chi connectivity index (χ1v) is 12.9. The van der Waals surface area contributed by atoms with Gasteiger partial charge in [0.05, 0.1) is 12.2 Å². The Morgan fingerprint density at radius 3 is 2.03 bits per heavy atom. The van der Waals surface area contributed by atoms with Gasteiger partial charge in [0, 0.05) is 50.6 Å². The van der Waals surface area contributed by atoms with Gasteiger partial charge in [-0.25, -0.2) is 0 Å². The number of likely N-dealkylation sites (tertiary alicyclic amines) is 1. The maximum Gasteiger partial charge on any atom is 0.226 e. The number of piperidine rings is 1. The second kappa shape index (κ2) is 8.66. The van der Waals surface area contributed by atoms with Crippen LogP contribution in [0.3, 0.4) is 0 Å². The van der Waals surface area contributed by atoms with Gasteiger partial charge < -0.3 is 15.0 Å². The fourth-order valence-corrected chi connectivity index (χ4v) is 8.01. The molecule has 2 heterocycles. The summed E-state index contributed by atoms with van der Waals surface area (Å²) >= 11 is 0. The van der Waals surface area contributed by atoms with Crippen LogP contribution in [0.25, 0.3) is 0 Å². The van der Waals surface area contributed by atoms with Crippen molar-refractivity contribution in [2.75, 3.05) is 32.7 Å². The Morgan fingerprint density at radius 2 is 1.48 bits per heavy atom. The van der Waals surface area contributed by atoms with Gasteiger partial charge in [-0.05, 0) is 83.0 Å². The summed E-state index contributed by atoms with van der Waals surface area (Å²) in [7, 11) is 0. The molecule has 2 amide bonds. The van der Waals surface area contributed by atoms with Gasteiger partial charge in [0.15, 0.2) is 0 Å². The molecule has 6 aliphatic rings. The van der Waals surface area contributed by atoms with Crippen molar-refractivity contribution in [2.24, 2.45) is 23.2 Å². The lowest BCUT2D eigenvalue weighted by Crippen LogP contribution is -2.54. The van der Waals surface area contributed by atoms with E-state index in [4.69, 9.17) is 4.74 Å². The van der Waals surface area contributed by atoms with E-state index in [1.165, 1.54) is 19.3 Å². The summed E-state index contributed by atoms with van der Waals surface area (Å²) in [6, 6.07) is 0.564. The van der Waals surface area contributed by atoms with Gasteiger partial charge in [0.1, 0.15) is 0 Å². The number of carbonyl (C=O) groups is 2. The summed E-state index contributed by atoms with van der Waals surface area (Å²) in [5.74, 6) is 2.77. The first kappa shape index (κ1) is 21.7. The van der Waals surface area contributed by atoms with Crippen LogP contribution in [-0.4, -0.2) is 72.6 Å². The standard InChI is InChI=1S/C25H41N3O3/c1-17-15-28(16-18(2)31-17)22-4-7-27(8-5-22)23(29)3-6-26-24(30)25-12-19-9-20(13-25)11-21(10-19)14-25/h17-22H,3-16H2,1-2H3,(H,26,30). The van der Waals surface area contributed by atoms with Crippen LogP contribution in [0.1, 0.15) is 71.6 Å². The molecule has 0 radical (unpaired) electrons. The molecular weight excluding hydrogens is 390 g/mol. The fraction of sp³-hybridized carbons (Fsp3) is 0.920. The molecule has 0 spiro atoms. The minimum atomic E-state index is -0.109. The molecule has 2 saturated heterocycles. The summed E-state index contributed by atoms with van der Waals surface area (Å²) in [5.41, 5.74) is -0.109. The van der Waals surface area contributed by atoms with Crippen LogP contribution in [-0.2, 0) is 14.3 Å². The van der Waals surface area contributed by atoms with Gasteiger partial charge in [-0.15, -0.1) is 0 Å². The van der Waals surface area contributed by atoms with Gasteiger partial charge in [0.2, 0.25) is 11.8 Å². The number of morpholine rings is 1. The van der Waals surface area contributed by atoms with Crippen LogP contribution in [0.4, 0.5) is 0 Å². The van der Waals surface area contributed by atoms with E-state index in [1.807, 2.05) is 4.90 Å². The first-order chi connectivity index (χ1) is 14.9. The highest BCUT2D eigenvalue weighted by molar-refractivity contribution is 5.84. The van der Waals surface area contributed by atoms with E-state index < -0.39 is 0 Å². The minimum Gasteiger partial charge on any atom is -0.373 e. The van der Waals surface area contributed by atoms with E-state index in [1.54, 1.807) is 0 Å². The Kier molecular flexibility index (Phi) is 6.06. The quantitative estimate of drug-likeness (QED) is 0.727. The van der Waals surface area contributed by atoms with Crippen LogP contribution in [0.2, 0.25) is 0 Å². The number of nitrogens with zero attached hydrogens (tertiary/aromatic N) is 2. The van der Waals surface area contributed by atoms with E-state index >= 15 is 0 Å². The monoisotopic (exact) mass is 431 g/mol. The number of hydrogen-bond acceptors (Lipinski definition) is 4. The Bertz CT molecular complexity index is 642. The fourth-order valence-electron chi connectivity index (χ4n) is 8.01. The normalized spacial score (nSPS) is 40.8. The second-order valence-corrected chi connectivity index (χ2v) is 11.5. The number of rotatable bonds is 5. The lowest BCUT2D eigenvalue weighted by molar-refractivity contribution is -0.146. The number of ether oxygens (including phenoxy) is 1. The van der Waals surface area contributed by atoms with Crippen LogP contribution < -0.4 is 5.32 Å². The Morgan fingerprint density at radius 1 is 0.935 bits per heavy atom. The maximum absolute atomic E-state index is 13.1. The zero-order chi connectivity index (χ0) is 21.6. The van der Waals surface area contributed by atoms with Crippen molar-refractivity contribution in [3.8, 4) is 0 Å². The molecular formula is C25H41N3O3. The predicted octanol–water partition coefficient (Wildman–Crippen LogP) is 2.81. The van der Waals surface area contributed by atoms with Crippen molar-refractivity contribution in [1.82, 2.24) is 15.1 Å². The summed E-state index contributed by atoms with van der Waals surface area (Å²) in [5, 5.41) is 3.17. The summed E-state index contributed by atoms with van der Waals surface area (Å²) < 4.78 is 5.87. The highest BCUT2D eigenvalue weighted by Crippen LogP contribution is 2.60. The molecule has 0 aromatic carbocycles. The maximum atomic E-state index is 13.1. The molecule has 0 aromatic heterocycles. The van der Waals surface area contributed by atoms with Crippen molar-refractivity contribution in [2.45, 2.75) is 89.9 Å². The first-order valence-electron chi connectivity index (χ1n) is 12.9. The third-order valence-electron chi connectivity index (χ3n) is 8.93. The van der Waals surface area contributed by atoms with E-state index in [0.717, 1.165) is 76.0 Å². The van der Waals surface area contributed by atoms with Crippen LogP contribution in [0.15, 0.2) is 0 Å². The van der Waals surface area contributed by atoms with Crippen LogP contribution in [0.5, 0.6) is 0 Å². The molecule has 4 bridgehead atoms. The molecule has 31 heavy (non-hydrogen) atoms. The van der Waals surface area contributed by atoms with Crippen molar-refractivity contribution in [3.05, 3.63) is 0 Å². The van der Waals surface area contributed by atoms with Crippen molar-refractivity contribution in [1.29, 1.82) is 0 Å². The molecule has 4 aliphatic carbocycles. The number of carbonyl (C=O) groups excluding carboxylic acids is 2. The average molecular weight is 432 g/mol. The number of nitrogens with one attached hydrogen (secondary N) is 1. The van der Waals surface area contributed by atoms with E-state index in [0.29, 0.717) is 31.2 Å². The summed E-state index contributed by atoms with van der Waals surface area (Å²) in [4.78, 5) is 30.4. The van der Waals surface area contributed by atoms with Crippen LogP contribution >= 0.6 is 0 Å². The third-order valence-corrected chi connectivity index (χ3v) is 8.93. The molecule has 2 aliphatic heterocycles. The highest BCUT2D eigenvalue weighted by atomic mass is 16.5. The zero-order valence-electron chi connectivity index (χ0n) is 19.5. The molecule has 6 heteroatoms. The molecule has 6 nitrogen and oxygen atoms in total. The third kappa shape index (κ3) is 4.52. The molecule has 2 unspecified atom stereocenters. The molecule has 174 valence electrons. The topological polar surface area (TPSA) is 61.9 Å². The van der Waals surface area contributed by atoms with Crippen LogP contribution in [0, 0.1) is 23.2 Å². The second-order valence-electron chi connectivity index (χ2n) is 11.5. The lowest BCUT2D eigenvalue weighted by atomic mass is 9.49. The Balaban J connectivity index is 1.05. The van der Waals surface area contributed by atoms with E-state index in [-0.39, 0.29) is 17.2 Å². The zero-order valence-corrected chi connectivity index (χ0v) is 19.5. The molecule has 6 fully saturated rings. The van der Waals surface area contributed by atoms with E-state index in [9.17, 15) is 9.59 Å². The molecule has 6 rings (SSSR count). The largest absolute Gasteiger partial charge is 0.373 e. The van der Waals surface area contributed by atoms with Gasteiger partial charge in [-0.1, -0.05) is 0 Å². The predicted molar refractivity (Wildman–Crippen MR) is 119 cm³/mol. The SMILES string of the molecule is CC1CN(C2CCN(C(=O)CCNC(=O)C34CC5CC(CC(C5)C3)C4)CC2)CC(C)O1.